The summed E-state index contributed by atoms with van der Waals surface area (Å²) in [7, 11) is 1.40. The molecule has 0 bridgehead atoms. The van der Waals surface area contributed by atoms with Gasteiger partial charge in [-0.05, 0) is 44.7 Å². The van der Waals surface area contributed by atoms with Crippen molar-refractivity contribution < 1.29 is 33.3 Å². The SMILES string of the molecule is COc1ccnc(C(=O)N[C@@H](C)C(=O)O[C@@H](C)[C@H](c2ccc(C)cc2C)C(C)C)c1OCOC(C)=O. The van der Waals surface area contributed by atoms with Gasteiger partial charge in [-0.1, -0.05) is 37.6 Å². The van der Waals surface area contributed by atoms with Crippen LogP contribution in [0, 0.1) is 19.8 Å². The van der Waals surface area contributed by atoms with Crippen LogP contribution < -0.4 is 14.8 Å². The number of hydrogen-bond acceptors (Lipinski definition) is 8. The maximum absolute atomic E-state index is 12.9. The van der Waals surface area contributed by atoms with Gasteiger partial charge in [-0.2, -0.15) is 0 Å². The number of amides is 1. The van der Waals surface area contributed by atoms with Gasteiger partial charge in [0.25, 0.3) is 5.91 Å². The number of nitrogens with zero attached hydrogens (tertiary/aromatic N) is 1. The zero-order valence-electron chi connectivity index (χ0n) is 22.2. The quantitative estimate of drug-likeness (QED) is 0.363. The van der Waals surface area contributed by atoms with E-state index in [1.807, 2.05) is 13.8 Å². The molecule has 9 heteroatoms. The Morgan fingerprint density at radius 2 is 1.75 bits per heavy atom. The molecule has 0 aliphatic rings. The monoisotopic (exact) mass is 500 g/mol. The van der Waals surface area contributed by atoms with Gasteiger partial charge in [0.05, 0.1) is 7.11 Å². The van der Waals surface area contributed by atoms with Gasteiger partial charge in [0.15, 0.2) is 17.2 Å². The number of esters is 2. The van der Waals surface area contributed by atoms with Crippen LogP contribution in [0.4, 0.5) is 0 Å². The Labute approximate surface area is 212 Å². The highest BCUT2D eigenvalue weighted by atomic mass is 16.7. The predicted octanol–water partition coefficient (Wildman–Crippen LogP) is 4.10. The van der Waals surface area contributed by atoms with Crippen LogP contribution in [0.1, 0.15) is 67.7 Å². The number of rotatable bonds is 11. The van der Waals surface area contributed by atoms with Crippen molar-refractivity contribution in [3.8, 4) is 11.5 Å². The standard InChI is InChI=1S/C27H36N2O7/c1-15(2)23(21-10-9-16(3)13-17(21)4)19(6)36-27(32)18(5)29-26(31)24-25(35-14-34-20(7)30)22(33-8)11-12-28-24/h9-13,15,18-19,23H,14H2,1-8H3,(H,29,31)/t18-,19-,23+/m0/s1. The Hall–Kier alpha value is -3.62. The van der Waals surface area contributed by atoms with E-state index in [0.717, 1.165) is 11.1 Å². The average molecular weight is 501 g/mol. The Morgan fingerprint density at radius 1 is 1.06 bits per heavy atom. The molecule has 1 N–H and O–H groups in total. The molecule has 36 heavy (non-hydrogen) atoms. The van der Waals surface area contributed by atoms with Crippen LogP contribution in [-0.4, -0.2) is 48.9 Å². The number of ether oxygens (including phenoxy) is 4. The number of pyridine rings is 1. The lowest BCUT2D eigenvalue weighted by Gasteiger charge is -2.30. The molecule has 0 radical (unpaired) electrons. The summed E-state index contributed by atoms with van der Waals surface area (Å²) >= 11 is 0. The minimum Gasteiger partial charge on any atom is -0.493 e. The van der Waals surface area contributed by atoms with Crippen LogP contribution in [0.5, 0.6) is 11.5 Å². The van der Waals surface area contributed by atoms with Crippen molar-refractivity contribution in [3.05, 3.63) is 52.8 Å². The molecule has 0 fully saturated rings. The summed E-state index contributed by atoms with van der Waals surface area (Å²) in [5.41, 5.74) is 3.32. The summed E-state index contributed by atoms with van der Waals surface area (Å²) in [6.45, 7) is 12.5. The normalized spacial score (nSPS) is 13.4. The van der Waals surface area contributed by atoms with Crippen molar-refractivity contribution >= 4 is 17.8 Å². The number of methoxy groups -OCH3 is 1. The fourth-order valence-corrected chi connectivity index (χ4v) is 4.10. The number of carbonyl (C=O) groups is 3. The van der Waals surface area contributed by atoms with Gasteiger partial charge >= 0.3 is 11.9 Å². The summed E-state index contributed by atoms with van der Waals surface area (Å²) in [5, 5.41) is 2.60. The summed E-state index contributed by atoms with van der Waals surface area (Å²) in [6, 6.07) is 6.79. The van der Waals surface area contributed by atoms with Gasteiger partial charge in [0.1, 0.15) is 12.1 Å². The average Bonchev–Trinajstić information content (AvgIpc) is 2.80. The number of benzene rings is 1. The first-order chi connectivity index (χ1) is 17.0. The van der Waals surface area contributed by atoms with Crippen LogP contribution in [0.25, 0.3) is 0 Å². The summed E-state index contributed by atoms with van der Waals surface area (Å²) in [5.74, 6) is -1.37. The molecular weight excluding hydrogens is 464 g/mol. The highest BCUT2D eigenvalue weighted by Crippen LogP contribution is 2.33. The number of aryl methyl sites for hydroxylation is 2. The molecule has 0 spiro atoms. The smallest absolute Gasteiger partial charge is 0.328 e. The van der Waals surface area contributed by atoms with Crippen molar-refractivity contribution in [3.63, 3.8) is 0 Å². The van der Waals surface area contributed by atoms with Gasteiger partial charge in [-0.3, -0.25) is 9.59 Å². The minimum absolute atomic E-state index is 0.0117. The van der Waals surface area contributed by atoms with Crippen molar-refractivity contribution in [1.29, 1.82) is 0 Å². The summed E-state index contributed by atoms with van der Waals surface area (Å²) in [6.07, 6.45) is 0.949. The van der Waals surface area contributed by atoms with Gasteiger partial charge in [0, 0.05) is 25.1 Å². The lowest BCUT2D eigenvalue weighted by Crippen LogP contribution is -2.42. The fourth-order valence-electron chi connectivity index (χ4n) is 4.10. The van der Waals surface area contributed by atoms with Gasteiger partial charge in [-0.15, -0.1) is 0 Å². The van der Waals surface area contributed by atoms with E-state index in [0.29, 0.717) is 0 Å². The lowest BCUT2D eigenvalue weighted by molar-refractivity contribution is -0.152. The van der Waals surface area contributed by atoms with E-state index < -0.39 is 36.8 Å². The molecule has 9 nitrogen and oxygen atoms in total. The summed E-state index contributed by atoms with van der Waals surface area (Å²) in [4.78, 5) is 41.0. The largest absolute Gasteiger partial charge is 0.493 e. The first-order valence-corrected chi connectivity index (χ1v) is 11.8. The van der Waals surface area contributed by atoms with E-state index in [1.54, 1.807) is 0 Å². The molecule has 0 saturated heterocycles. The number of aromatic nitrogens is 1. The molecule has 196 valence electrons. The lowest BCUT2D eigenvalue weighted by atomic mass is 9.82. The molecule has 1 aromatic carbocycles. The van der Waals surface area contributed by atoms with Crippen molar-refractivity contribution in [2.75, 3.05) is 13.9 Å². The zero-order chi connectivity index (χ0) is 27.0. The number of carbonyl (C=O) groups excluding carboxylic acids is 3. The van der Waals surface area contributed by atoms with Crippen molar-refractivity contribution in [1.82, 2.24) is 10.3 Å². The van der Waals surface area contributed by atoms with E-state index in [1.165, 1.54) is 38.8 Å². The fraction of sp³-hybridized carbons (Fsp3) is 0.481. The second kappa shape index (κ2) is 12.9. The van der Waals surface area contributed by atoms with E-state index in [-0.39, 0.29) is 29.0 Å². The molecule has 0 saturated carbocycles. The summed E-state index contributed by atoms with van der Waals surface area (Å²) < 4.78 is 21.2. The maximum Gasteiger partial charge on any atom is 0.328 e. The Bertz CT molecular complexity index is 1080. The molecule has 0 unspecified atom stereocenters. The third-order valence-corrected chi connectivity index (χ3v) is 5.78. The van der Waals surface area contributed by atoms with Crippen LogP contribution in [0.2, 0.25) is 0 Å². The maximum atomic E-state index is 12.9. The van der Waals surface area contributed by atoms with Gasteiger partial charge < -0.3 is 24.3 Å². The third kappa shape index (κ3) is 7.44. The van der Waals surface area contributed by atoms with Crippen molar-refractivity contribution in [2.24, 2.45) is 5.92 Å². The molecule has 0 aliphatic carbocycles. The second-order valence-electron chi connectivity index (χ2n) is 9.06. The predicted molar refractivity (Wildman–Crippen MR) is 134 cm³/mol. The van der Waals surface area contributed by atoms with Gasteiger partial charge in [0.2, 0.25) is 6.79 Å². The Balaban J connectivity index is 2.14. The topological polar surface area (TPSA) is 113 Å². The zero-order valence-corrected chi connectivity index (χ0v) is 22.2. The first kappa shape index (κ1) is 28.6. The number of hydrogen-bond donors (Lipinski definition) is 1. The molecule has 1 heterocycles. The molecule has 0 aliphatic heterocycles. The third-order valence-electron chi connectivity index (χ3n) is 5.78. The van der Waals surface area contributed by atoms with Crippen LogP contribution in [0.3, 0.4) is 0 Å². The van der Waals surface area contributed by atoms with Crippen LogP contribution in [-0.2, 0) is 19.1 Å². The molecule has 3 atom stereocenters. The molecule has 2 rings (SSSR count). The van der Waals surface area contributed by atoms with E-state index in [4.69, 9.17) is 18.9 Å². The molecule has 1 aromatic heterocycles. The molecule has 1 amide bonds. The Kier molecular flexibility index (Phi) is 10.3. The second-order valence-corrected chi connectivity index (χ2v) is 9.06. The number of nitrogens with one attached hydrogen (secondary N) is 1. The van der Waals surface area contributed by atoms with Crippen molar-refractivity contribution in [2.45, 2.75) is 66.5 Å². The minimum atomic E-state index is -0.957. The highest BCUT2D eigenvalue weighted by molar-refractivity contribution is 5.98. The van der Waals surface area contributed by atoms with Crippen LogP contribution in [0.15, 0.2) is 30.5 Å². The molecule has 2 aromatic rings. The molecular formula is C27H36N2O7. The van der Waals surface area contributed by atoms with E-state index >= 15 is 0 Å². The van der Waals surface area contributed by atoms with Crippen LogP contribution >= 0.6 is 0 Å². The van der Waals surface area contributed by atoms with E-state index in [2.05, 4.69) is 49.3 Å². The van der Waals surface area contributed by atoms with E-state index in [9.17, 15) is 14.4 Å². The highest BCUT2D eigenvalue weighted by Gasteiger charge is 2.30. The Morgan fingerprint density at radius 3 is 2.33 bits per heavy atom. The first-order valence-electron chi connectivity index (χ1n) is 11.8. The van der Waals surface area contributed by atoms with Gasteiger partial charge in [-0.25, -0.2) is 9.78 Å².